The maximum absolute atomic E-state index is 11.8. The van der Waals surface area contributed by atoms with Crippen LogP contribution in [0.4, 0.5) is 0 Å². The molecule has 3 heteroatoms. The molecule has 0 bridgehead atoms. The fraction of sp³-hybridized carbons (Fsp3) is 0.588. The van der Waals surface area contributed by atoms with Crippen LogP contribution < -0.4 is 0 Å². The lowest BCUT2D eigenvalue weighted by atomic mass is 9.82. The minimum Gasteiger partial charge on any atom is -0.469 e. The number of carbonyl (C=O) groups is 1. The van der Waals surface area contributed by atoms with Crippen molar-refractivity contribution in [3.8, 4) is 0 Å². The van der Waals surface area contributed by atoms with Crippen LogP contribution in [0.5, 0.6) is 0 Å². The van der Waals surface area contributed by atoms with Gasteiger partial charge in [-0.1, -0.05) is 32.6 Å². The standard InChI is InChI=1S/C17H27NO2/c1-6-8-15(9-7-2)18-11-10-14(16(19)20-5)12-17(3,4)13-18/h6-9,14H,1,10-13H2,2-5H3/b9-7-,15-8+. The van der Waals surface area contributed by atoms with Crippen molar-refractivity contribution in [2.75, 3.05) is 20.2 Å². The number of hydrogen-bond donors (Lipinski definition) is 0. The number of nitrogens with zero attached hydrogens (tertiary/aromatic N) is 1. The molecule has 0 aromatic rings. The van der Waals surface area contributed by atoms with Gasteiger partial charge in [-0.05, 0) is 37.3 Å². The molecule has 0 aromatic carbocycles. The van der Waals surface area contributed by atoms with Crippen molar-refractivity contribution in [3.05, 3.63) is 36.6 Å². The van der Waals surface area contributed by atoms with E-state index in [9.17, 15) is 4.79 Å². The quantitative estimate of drug-likeness (QED) is 0.581. The van der Waals surface area contributed by atoms with E-state index in [0.717, 1.165) is 31.6 Å². The Hall–Kier alpha value is -1.51. The molecule has 1 heterocycles. The number of hydrogen-bond acceptors (Lipinski definition) is 3. The fourth-order valence-electron chi connectivity index (χ4n) is 2.89. The molecule has 0 spiro atoms. The zero-order chi connectivity index (χ0) is 15.2. The van der Waals surface area contributed by atoms with Crippen LogP contribution in [0.25, 0.3) is 0 Å². The van der Waals surface area contributed by atoms with E-state index in [2.05, 4.69) is 31.4 Å². The van der Waals surface area contributed by atoms with Gasteiger partial charge in [-0.3, -0.25) is 4.79 Å². The van der Waals surface area contributed by atoms with Gasteiger partial charge < -0.3 is 9.64 Å². The number of esters is 1. The predicted molar refractivity (Wildman–Crippen MR) is 83.2 cm³/mol. The van der Waals surface area contributed by atoms with Crippen LogP contribution in [0.1, 0.15) is 33.6 Å². The molecular weight excluding hydrogens is 250 g/mol. The average molecular weight is 277 g/mol. The molecule has 0 N–H and O–H groups in total. The Bertz CT molecular complexity index is 407. The van der Waals surface area contributed by atoms with Gasteiger partial charge in [0.15, 0.2) is 0 Å². The van der Waals surface area contributed by atoms with Crippen molar-refractivity contribution in [3.63, 3.8) is 0 Å². The van der Waals surface area contributed by atoms with Gasteiger partial charge in [-0.15, -0.1) is 0 Å². The second kappa shape index (κ2) is 7.32. The van der Waals surface area contributed by atoms with Crippen molar-refractivity contribution < 1.29 is 9.53 Å². The minimum absolute atomic E-state index is 0.00409. The van der Waals surface area contributed by atoms with Crippen LogP contribution in [0.2, 0.25) is 0 Å². The lowest BCUT2D eigenvalue weighted by molar-refractivity contribution is -0.146. The zero-order valence-electron chi connectivity index (χ0n) is 13.2. The molecule has 1 aliphatic rings. The molecule has 20 heavy (non-hydrogen) atoms. The van der Waals surface area contributed by atoms with Gasteiger partial charge in [0.05, 0.1) is 13.0 Å². The number of likely N-dealkylation sites (tertiary alicyclic amines) is 1. The van der Waals surface area contributed by atoms with E-state index in [0.29, 0.717) is 0 Å². The third-order valence-electron chi connectivity index (χ3n) is 3.69. The summed E-state index contributed by atoms with van der Waals surface area (Å²) in [5.74, 6) is -0.0872. The first-order valence-electron chi connectivity index (χ1n) is 7.21. The first kappa shape index (κ1) is 16.5. The van der Waals surface area contributed by atoms with Gasteiger partial charge in [-0.2, -0.15) is 0 Å². The number of rotatable bonds is 4. The third-order valence-corrected chi connectivity index (χ3v) is 3.69. The summed E-state index contributed by atoms with van der Waals surface area (Å²) in [5, 5.41) is 0. The van der Waals surface area contributed by atoms with Gasteiger partial charge in [0.1, 0.15) is 0 Å². The number of carbonyl (C=O) groups excluding carboxylic acids is 1. The molecule has 0 radical (unpaired) electrons. The Morgan fingerprint density at radius 1 is 1.45 bits per heavy atom. The third kappa shape index (κ3) is 4.55. The molecule has 0 aromatic heterocycles. The van der Waals surface area contributed by atoms with Crippen molar-refractivity contribution in [2.45, 2.75) is 33.6 Å². The van der Waals surface area contributed by atoms with Crippen LogP contribution in [-0.2, 0) is 9.53 Å². The second-order valence-corrected chi connectivity index (χ2v) is 6.13. The Morgan fingerprint density at radius 3 is 2.70 bits per heavy atom. The normalized spacial score (nSPS) is 23.5. The smallest absolute Gasteiger partial charge is 0.308 e. The molecule has 1 fully saturated rings. The van der Waals surface area contributed by atoms with Crippen LogP contribution in [0.3, 0.4) is 0 Å². The molecule has 112 valence electrons. The van der Waals surface area contributed by atoms with Crippen molar-refractivity contribution in [1.29, 1.82) is 0 Å². The van der Waals surface area contributed by atoms with E-state index in [1.165, 1.54) is 7.11 Å². The highest BCUT2D eigenvalue weighted by atomic mass is 16.5. The van der Waals surface area contributed by atoms with Crippen molar-refractivity contribution in [1.82, 2.24) is 4.90 Å². The van der Waals surface area contributed by atoms with Crippen molar-refractivity contribution >= 4 is 5.97 Å². The Balaban J connectivity index is 2.94. The van der Waals surface area contributed by atoms with Crippen molar-refractivity contribution in [2.24, 2.45) is 11.3 Å². The van der Waals surface area contributed by atoms with Gasteiger partial charge >= 0.3 is 5.97 Å². The maximum Gasteiger partial charge on any atom is 0.308 e. The molecular formula is C17H27NO2. The van der Waals surface area contributed by atoms with Gasteiger partial charge in [0, 0.05) is 18.8 Å². The van der Waals surface area contributed by atoms with E-state index >= 15 is 0 Å². The van der Waals surface area contributed by atoms with E-state index in [1.54, 1.807) is 0 Å². The van der Waals surface area contributed by atoms with Crippen LogP contribution in [-0.4, -0.2) is 31.1 Å². The summed E-state index contributed by atoms with van der Waals surface area (Å²) in [4.78, 5) is 14.2. The first-order chi connectivity index (χ1) is 9.43. The maximum atomic E-state index is 11.8. The minimum atomic E-state index is -0.0831. The van der Waals surface area contributed by atoms with Gasteiger partial charge in [0.25, 0.3) is 0 Å². The highest BCUT2D eigenvalue weighted by Gasteiger charge is 2.34. The van der Waals surface area contributed by atoms with Crippen LogP contribution >= 0.6 is 0 Å². The predicted octanol–water partition coefficient (Wildman–Crippen LogP) is 3.54. The summed E-state index contributed by atoms with van der Waals surface area (Å²) in [6.45, 7) is 12.0. The summed E-state index contributed by atoms with van der Waals surface area (Å²) >= 11 is 0. The second-order valence-electron chi connectivity index (χ2n) is 6.13. The molecule has 1 unspecified atom stereocenters. The van der Waals surface area contributed by atoms with E-state index < -0.39 is 0 Å². The summed E-state index contributed by atoms with van der Waals surface area (Å²) in [5.41, 5.74) is 1.23. The first-order valence-corrected chi connectivity index (χ1v) is 7.21. The lowest BCUT2D eigenvalue weighted by Crippen LogP contribution is -2.31. The fourth-order valence-corrected chi connectivity index (χ4v) is 2.89. The lowest BCUT2D eigenvalue weighted by Gasteiger charge is -2.32. The van der Waals surface area contributed by atoms with Crippen LogP contribution in [0, 0.1) is 11.3 Å². The summed E-state index contributed by atoms with van der Waals surface area (Å²) in [6, 6.07) is 0. The Morgan fingerprint density at radius 2 is 2.15 bits per heavy atom. The SMILES string of the molecule is C=C/C=C(\C=C/C)N1CCC(C(=O)OC)CC(C)(C)C1. The molecule has 3 nitrogen and oxygen atoms in total. The van der Waals surface area contributed by atoms with E-state index in [1.807, 2.05) is 25.2 Å². The summed E-state index contributed by atoms with van der Waals surface area (Å²) < 4.78 is 4.93. The zero-order valence-corrected chi connectivity index (χ0v) is 13.2. The molecule has 1 atom stereocenters. The Kier molecular flexibility index (Phi) is 6.05. The molecule has 0 saturated carbocycles. The molecule has 1 rings (SSSR count). The highest BCUT2D eigenvalue weighted by molar-refractivity contribution is 5.72. The monoisotopic (exact) mass is 277 g/mol. The number of ether oxygens (including phenoxy) is 1. The summed E-state index contributed by atoms with van der Waals surface area (Å²) in [6.07, 6.45) is 9.66. The number of allylic oxidation sites excluding steroid dienone is 4. The largest absolute Gasteiger partial charge is 0.469 e. The molecule has 1 saturated heterocycles. The van der Waals surface area contributed by atoms with E-state index in [4.69, 9.17) is 4.74 Å². The number of methoxy groups -OCH3 is 1. The topological polar surface area (TPSA) is 29.5 Å². The summed E-state index contributed by atoms with van der Waals surface area (Å²) in [7, 11) is 1.47. The average Bonchev–Trinajstić information content (AvgIpc) is 2.56. The highest BCUT2D eigenvalue weighted by Crippen LogP contribution is 2.34. The van der Waals surface area contributed by atoms with Gasteiger partial charge in [-0.25, -0.2) is 0 Å². The van der Waals surface area contributed by atoms with Crippen LogP contribution in [0.15, 0.2) is 36.6 Å². The van der Waals surface area contributed by atoms with Gasteiger partial charge in [0.2, 0.25) is 0 Å². The Labute approximate surface area is 123 Å². The molecule has 0 aliphatic carbocycles. The van der Waals surface area contributed by atoms with E-state index in [-0.39, 0.29) is 17.3 Å². The molecule has 1 aliphatic heterocycles. The molecule has 0 amide bonds.